The third-order valence-corrected chi connectivity index (χ3v) is 4.02. The molecular weight excluding hydrogens is 362 g/mol. The van der Waals surface area contributed by atoms with Gasteiger partial charge in [-0.2, -0.15) is 0 Å². The molecular formula is C20H15N3O3S. The van der Waals surface area contributed by atoms with Gasteiger partial charge in [0.1, 0.15) is 0 Å². The molecule has 0 aliphatic rings. The van der Waals surface area contributed by atoms with E-state index in [1.807, 2.05) is 54.6 Å². The predicted molar refractivity (Wildman–Crippen MR) is 109 cm³/mol. The molecule has 0 saturated carbocycles. The molecule has 6 nitrogen and oxygen atoms in total. The fourth-order valence-electron chi connectivity index (χ4n) is 2.45. The monoisotopic (exact) mass is 377 g/mol. The zero-order chi connectivity index (χ0) is 19.2. The molecule has 0 heterocycles. The summed E-state index contributed by atoms with van der Waals surface area (Å²) in [5.74, 6) is -0.441. The lowest BCUT2D eigenvalue weighted by Crippen LogP contribution is -2.34. The Kier molecular flexibility index (Phi) is 5.53. The molecule has 3 aromatic carbocycles. The van der Waals surface area contributed by atoms with Crippen LogP contribution in [0, 0.1) is 10.1 Å². The molecule has 0 spiro atoms. The molecule has 7 heteroatoms. The van der Waals surface area contributed by atoms with Crippen LogP contribution >= 0.6 is 12.2 Å². The number of nitrogens with zero attached hydrogens (tertiary/aromatic N) is 1. The molecule has 134 valence electrons. The lowest BCUT2D eigenvalue weighted by atomic mass is 10.1. The van der Waals surface area contributed by atoms with Gasteiger partial charge in [0.25, 0.3) is 11.6 Å². The number of carbonyl (C=O) groups is 1. The van der Waals surface area contributed by atoms with Crippen LogP contribution in [-0.2, 0) is 0 Å². The second kappa shape index (κ2) is 8.20. The Morgan fingerprint density at radius 2 is 1.44 bits per heavy atom. The van der Waals surface area contributed by atoms with Crippen LogP contribution in [0.3, 0.4) is 0 Å². The van der Waals surface area contributed by atoms with E-state index in [4.69, 9.17) is 12.2 Å². The van der Waals surface area contributed by atoms with Crippen molar-refractivity contribution < 1.29 is 9.72 Å². The average Bonchev–Trinajstić information content (AvgIpc) is 2.69. The number of nitro groups is 1. The van der Waals surface area contributed by atoms with Crippen molar-refractivity contribution in [2.75, 3.05) is 5.32 Å². The highest BCUT2D eigenvalue weighted by Crippen LogP contribution is 2.21. The van der Waals surface area contributed by atoms with Gasteiger partial charge in [-0.25, -0.2) is 0 Å². The van der Waals surface area contributed by atoms with Crippen LogP contribution in [0.15, 0.2) is 78.9 Å². The number of carbonyl (C=O) groups excluding carboxylic acids is 1. The zero-order valence-corrected chi connectivity index (χ0v) is 14.9. The van der Waals surface area contributed by atoms with Gasteiger partial charge in [-0.3, -0.25) is 20.2 Å². The van der Waals surface area contributed by atoms with Crippen LogP contribution in [0.1, 0.15) is 10.4 Å². The lowest BCUT2D eigenvalue weighted by Gasteiger charge is -2.10. The first-order chi connectivity index (χ1) is 13.0. The van der Waals surface area contributed by atoms with Crippen LogP contribution in [0.5, 0.6) is 0 Å². The number of non-ortho nitro benzene ring substituents is 1. The van der Waals surface area contributed by atoms with Crippen molar-refractivity contribution in [3.8, 4) is 11.1 Å². The van der Waals surface area contributed by atoms with E-state index in [-0.39, 0.29) is 16.4 Å². The van der Waals surface area contributed by atoms with E-state index in [0.717, 1.165) is 16.8 Å². The van der Waals surface area contributed by atoms with Crippen LogP contribution in [0.2, 0.25) is 0 Å². The van der Waals surface area contributed by atoms with Crippen LogP contribution < -0.4 is 10.6 Å². The Labute approximate surface area is 161 Å². The summed E-state index contributed by atoms with van der Waals surface area (Å²) >= 11 is 5.15. The minimum atomic E-state index is -0.521. The molecule has 27 heavy (non-hydrogen) atoms. The number of anilines is 1. The Morgan fingerprint density at radius 3 is 2.04 bits per heavy atom. The maximum Gasteiger partial charge on any atom is 0.269 e. The number of hydrogen-bond acceptors (Lipinski definition) is 4. The minimum Gasteiger partial charge on any atom is -0.332 e. The number of rotatable bonds is 4. The Balaban J connectivity index is 1.60. The second-order valence-corrected chi connectivity index (χ2v) is 6.06. The molecule has 0 aliphatic carbocycles. The van der Waals surface area contributed by atoms with Gasteiger partial charge in [0.2, 0.25) is 0 Å². The van der Waals surface area contributed by atoms with Crippen molar-refractivity contribution in [1.82, 2.24) is 5.32 Å². The average molecular weight is 377 g/mol. The van der Waals surface area contributed by atoms with Crippen LogP contribution in [0.25, 0.3) is 11.1 Å². The number of benzene rings is 3. The molecule has 0 unspecified atom stereocenters. The van der Waals surface area contributed by atoms with E-state index in [0.29, 0.717) is 0 Å². The van der Waals surface area contributed by atoms with Crippen molar-refractivity contribution in [2.45, 2.75) is 0 Å². The van der Waals surface area contributed by atoms with Crippen molar-refractivity contribution in [3.05, 3.63) is 94.5 Å². The molecule has 2 N–H and O–H groups in total. The highest BCUT2D eigenvalue weighted by atomic mass is 32.1. The van der Waals surface area contributed by atoms with Gasteiger partial charge in [-0.15, -0.1) is 0 Å². The topological polar surface area (TPSA) is 84.3 Å². The van der Waals surface area contributed by atoms with Gasteiger partial charge in [-0.1, -0.05) is 42.5 Å². The maximum atomic E-state index is 12.2. The SMILES string of the molecule is O=C(NC(=S)Nc1ccc(-c2ccccc2)cc1)c1ccc([N+](=O)[O-])cc1. The summed E-state index contributed by atoms with van der Waals surface area (Å²) in [5, 5.41) is 16.3. The fourth-order valence-corrected chi connectivity index (χ4v) is 2.66. The molecule has 0 bridgehead atoms. The minimum absolute atomic E-state index is 0.0780. The number of amides is 1. The predicted octanol–water partition coefficient (Wildman–Crippen LogP) is 4.39. The largest absolute Gasteiger partial charge is 0.332 e. The Morgan fingerprint density at radius 1 is 0.852 bits per heavy atom. The van der Waals surface area contributed by atoms with Gasteiger partial charge in [0, 0.05) is 23.4 Å². The lowest BCUT2D eigenvalue weighted by molar-refractivity contribution is -0.384. The first-order valence-corrected chi connectivity index (χ1v) is 8.46. The first kappa shape index (κ1) is 18.2. The molecule has 3 rings (SSSR count). The summed E-state index contributed by atoms with van der Waals surface area (Å²) < 4.78 is 0. The van der Waals surface area contributed by atoms with Crippen molar-refractivity contribution in [1.29, 1.82) is 0 Å². The highest BCUT2D eigenvalue weighted by Gasteiger charge is 2.11. The third-order valence-electron chi connectivity index (χ3n) is 3.82. The summed E-state index contributed by atoms with van der Waals surface area (Å²) in [5.41, 5.74) is 3.12. The van der Waals surface area contributed by atoms with Gasteiger partial charge < -0.3 is 5.32 Å². The molecule has 0 aromatic heterocycles. The number of thiocarbonyl (C=S) groups is 1. The Bertz CT molecular complexity index is 972. The van der Waals surface area contributed by atoms with Gasteiger partial charge in [0.05, 0.1) is 4.92 Å². The summed E-state index contributed by atoms with van der Waals surface area (Å²) in [4.78, 5) is 22.3. The Hall–Kier alpha value is -3.58. The molecule has 0 atom stereocenters. The third kappa shape index (κ3) is 4.74. The van der Waals surface area contributed by atoms with Crippen molar-refractivity contribution in [2.24, 2.45) is 0 Å². The molecule has 3 aromatic rings. The van der Waals surface area contributed by atoms with Gasteiger partial charge >= 0.3 is 0 Å². The maximum absolute atomic E-state index is 12.2. The number of hydrogen-bond donors (Lipinski definition) is 2. The fraction of sp³-hybridized carbons (Fsp3) is 0. The summed E-state index contributed by atoms with van der Waals surface area (Å²) in [7, 11) is 0. The molecule has 0 aliphatic heterocycles. The quantitative estimate of drug-likeness (QED) is 0.400. The number of nitro benzene ring substituents is 1. The van der Waals surface area contributed by atoms with E-state index in [1.54, 1.807) is 0 Å². The van der Waals surface area contributed by atoms with Gasteiger partial charge in [0.15, 0.2) is 5.11 Å². The standard InChI is InChI=1S/C20H15N3O3S/c24-19(16-8-12-18(13-9-16)23(25)26)22-20(27)21-17-10-6-15(7-11-17)14-4-2-1-3-5-14/h1-13H,(H2,21,22,24,27). The van der Waals surface area contributed by atoms with E-state index in [1.165, 1.54) is 24.3 Å². The normalized spacial score (nSPS) is 10.1. The summed E-state index contributed by atoms with van der Waals surface area (Å²) in [6.45, 7) is 0. The van der Waals surface area contributed by atoms with E-state index in [2.05, 4.69) is 10.6 Å². The molecule has 0 fully saturated rings. The van der Waals surface area contributed by atoms with Crippen LogP contribution in [-0.4, -0.2) is 15.9 Å². The van der Waals surface area contributed by atoms with Crippen LogP contribution in [0.4, 0.5) is 11.4 Å². The van der Waals surface area contributed by atoms with E-state index in [9.17, 15) is 14.9 Å². The second-order valence-electron chi connectivity index (χ2n) is 5.66. The van der Waals surface area contributed by atoms with Gasteiger partial charge in [-0.05, 0) is 47.6 Å². The van der Waals surface area contributed by atoms with Crippen molar-refractivity contribution >= 4 is 34.6 Å². The molecule has 0 saturated heterocycles. The van der Waals surface area contributed by atoms with E-state index < -0.39 is 10.8 Å². The van der Waals surface area contributed by atoms with E-state index >= 15 is 0 Å². The van der Waals surface area contributed by atoms with Crippen molar-refractivity contribution in [3.63, 3.8) is 0 Å². The zero-order valence-electron chi connectivity index (χ0n) is 14.1. The molecule has 1 amide bonds. The number of nitrogens with one attached hydrogen (secondary N) is 2. The highest BCUT2D eigenvalue weighted by molar-refractivity contribution is 7.80. The first-order valence-electron chi connectivity index (χ1n) is 8.05. The summed E-state index contributed by atoms with van der Waals surface area (Å²) in [6, 6.07) is 22.9. The summed E-state index contributed by atoms with van der Waals surface area (Å²) in [6.07, 6.45) is 0. The smallest absolute Gasteiger partial charge is 0.269 e. The molecule has 0 radical (unpaired) electrons.